The molecule has 1 aromatic rings. The molecule has 2 amide bonds. The molecule has 6 nitrogen and oxygen atoms in total. The first-order chi connectivity index (χ1) is 12.3. The molecule has 144 valence electrons. The monoisotopic (exact) mass is 361 g/mol. The highest BCUT2D eigenvalue weighted by molar-refractivity contribution is 5.75. The second-order valence-corrected chi connectivity index (χ2v) is 7.78. The number of carbonyl (C=O) groups excluding carboxylic acids is 1. The third kappa shape index (κ3) is 7.44. The maximum Gasteiger partial charge on any atom is 0.315 e. The van der Waals surface area contributed by atoms with E-state index in [9.17, 15) is 9.59 Å². The molecule has 2 rings (SSSR count). The lowest BCUT2D eigenvalue weighted by Gasteiger charge is -2.32. The van der Waals surface area contributed by atoms with Crippen LogP contribution in [-0.4, -0.2) is 53.2 Å². The van der Waals surface area contributed by atoms with Crippen molar-refractivity contribution in [1.29, 1.82) is 0 Å². The van der Waals surface area contributed by atoms with Crippen LogP contribution in [0.1, 0.15) is 45.1 Å². The number of amides is 2. The molecule has 1 heterocycles. The minimum Gasteiger partial charge on any atom is -0.481 e. The van der Waals surface area contributed by atoms with Crippen LogP contribution in [0, 0.1) is 0 Å². The molecule has 26 heavy (non-hydrogen) atoms. The maximum atomic E-state index is 12.5. The number of urea groups is 1. The van der Waals surface area contributed by atoms with Gasteiger partial charge in [0.2, 0.25) is 0 Å². The predicted octanol–water partition coefficient (Wildman–Crippen LogP) is 2.64. The van der Waals surface area contributed by atoms with E-state index < -0.39 is 5.97 Å². The maximum absolute atomic E-state index is 12.5. The van der Waals surface area contributed by atoms with Gasteiger partial charge >= 0.3 is 12.0 Å². The summed E-state index contributed by atoms with van der Waals surface area (Å²) in [5.41, 5.74) is 0.748. The number of carbonyl (C=O) groups is 2. The van der Waals surface area contributed by atoms with E-state index in [2.05, 4.69) is 15.5 Å². The summed E-state index contributed by atoms with van der Waals surface area (Å²) in [5, 5.41) is 15.0. The molecule has 1 aliphatic heterocycles. The minimum absolute atomic E-state index is 0.0367. The van der Waals surface area contributed by atoms with Crippen molar-refractivity contribution in [2.24, 2.45) is 0 Å². The number of nitrogens with zero attached hydrogens (tertiary/aromatic N) is 1. The Labute approximate surface area is 156 Å². The Morgan fingerprint density at radius 2 is 1.85 bits per heavy atom. The molecule has 1 unspecified atom stereocenters. The van der Waals surface area contributed by atoms with E-state index in [-0.39, 0.29) is 24.0 Å². The Kier molecular flexibility index (Phi) is 7.45. The van der Waals surface area contributed by atoms with E-state index in [1.54, 1.807) is 0 Å². The van der Waals surface area contributed by atoms with Crippen molar-refractivity contribution >= 4 is 12.0 Å². The second kappa shape index (κ2) is 9.57. The van der Waals surface area contributed by atoms with Gasteiger partial charge in [-0.15, -0.1) is 0 Å². The number of likely N-dealkylation sites (tertiary alicyclic amines) is 1. The molecule has 3 N–H and O–H groups in total. The molecular weight excluding hydrogens is 330 g/mol. The normalized spacial score (nSPS) is 16.2. The molecule has 0 radical (unpaired) electrons. The van der Waals surface area contributed by atoms with Crippen LogP contribution in [0.15, 0.2) is 30.3 Å². The summed E-state index contributed by atoms with van der Waals surface area (Å²) in [6.07, 6.45) is 3.50. The number of benzene rings is 1. The van der Waals surface area contributed by atoms with Crippen molar-refractivity contribution in [2.45, 2.75) is 57.5 Å². The van der Waals surface area contributed by atoms with Gasteiger partial charge in [0, 0.05) is 24.5 Å². The van der Waals surface area contributed by atoms with E-state index in [1.807, 2.05) is 44.2 Å². The first-order valence-electron chi connectivity index (χ1n) is 9.41. The number of rotatable bonds is 9. The van der Waals surface area contributed by atoms with Crippen LogP contribution >= 0.6 is 0 Å². The highest BCUT2D eigenvalue weighted by atomic mass is 16.4. The number of nitrogens with one attached hydrogen (secondary N) is 2. The van der Waals surface area contributed by atoms with Crippen molar-refractivity contribution in [3.63, 3.8) is 0 Å². The van der Waals surface area contributed by atoms with Crippen molar-refractivity contribution in [3.8, 4) is 0 Å². The summed E-state index contributed by atoms with van der Waals surface area (Å²) in [6, 6.07) is 9.37. The molecule has 0 aliphatic carbocycles. The van der Waals surface area contributed by atoms with Crippen molar-refractivity contribution in [1.82, 2.24) is 15.5 Å². The van der Waals surface area contributed by atoms with Crippen LogP contribution in [0.3, 0.4) is 0 Å². The molecule has 0 bridgehead atoms. The predicted molar refractivity (Wildman–Crippen MR) is 102 cm³/mol. The molecular formula is C20H31N3O3. The van der Waals surface area contributed by atoms with E-state index in [0.29, 0.717) is 12.8 Å². The van der Waals surface area contributed by atoms with E-state index >= 15 is 0 Å². The summed E-state index contributed by atoms with van der Waals surface area (Å²) in [7, 11) is 0. The van der Waals surface area contributed by atoms with Gasteiger partial charge in [-0.1, -0.05) is 30.3 Å². The van der Waals surface area contributed by atoms with Crippen LogP contribution in [0.2, 0.25) is 0 Å². The Balaban J connectivity index is 1.89. The smallest absolute Gasteiger partial charge is 0.315 e. The third-order valence-electron chi connectivity index (χ3n) is 4.64. The Morgan fingerprint density at radius 1 is 1.19 bits per heavy atom. The number of carboxylic acid groups (broad SMARTS) is 1. The van der Waals surface area contributed by atoms with Crippen molar-refractivity contribution in [3.05, 3.63) is 35.9 Å². The van der Waals surface area contributed by atoms with Crippen molar-refractivity contribution < 1.29 is 14.7 Å². The van der Waals surface area contributed by atoms with Gasteiger partial charge in [0.05, 0.1) is 0 Å². The highest BCUT2D eigenvalue weighted by Gasteiger charge is 2.26. The average Bonchev–Trinajstić information content (AvgIpc) is 3.05. The SMILES string of the molecule is CC(C)(CN1CCCC1)NC(=O)NC(CCC(=O)O)Cc1ccccc1. The minimum atomic E-state index is -0.848. The summed E-state index contributed by atoms with van der Waals surface area (Å²) in [5.74, 6) is -0.848. The zero-order chi connectivity index (χ0) is 19.0. The topological polar surface area (TPSA) is 81.7 Å². The van der Waals surface area contributed by atoms with Gasteiger partial charge in [-0.3, -0.25) is 4.79 Å². The quantitative estimate of drug-likeness (QED) is 0.631. The molecule has 1 fully saturated rings. The van der Waals surface area contributed by atoms with Crippen LogP contribution in [-0.2, 0) is 11.2 Å². The van der Waals surface area contributed by atoms with Gasteiger partial charge in [0.25, 0.3) is 0 Å². The molecule has 1 aliphatic rings. The molecule has 1 atom stereocenters. The van der Waals surface area contributed by atoms with Crippen LogP contribution in [0.5, 0.6) is 0 Å². The fraction of sp³-hybridized carbons (Fsp3) is 0.600. The molecule has 1 saturated heterocycles. The molecule has 1 aromatic carbocycles. The van der Waals surface area contributed by atoms with Crippen molar-refractivity contribution in [2.75, 3.05) is 19.6 Å². The molecule has 0 saturated carbocycles. The largest absolute Gasteiger partial charge is 0.481 e. The van der Waals surface area contributed by atoms with Gasteiger partial charge < -0.3 is 20.6 Å². The van der Waals surface area contributed by atoms with Crippen LogP contribution in [0.4, 0.5) is 4.79 Å². The van der Waals surface area contributed by atoms with Gasteiger partial charge in [-0.2, -0.15) is 0 Å². The number of aliphatic carboxylic acids is 1. The van der Waals surface area contributed by atoms with E-state index in [4.69, 9.17) is 5.11 Å². The summed E-state index contributed by atoms with van der Waals surface area (Å²) >= 11 is 0. The average molecular weight is 361 g/mol. The Bertz CT molecular complexity index is 583. The fourth-order valence-corrected chi connectivity index (χ4v) is 3.49. The number of hydrogen-bond acceptors (Lipinski definition) is 3. The standard InChI is InChI=1S/C20H31N3O3/c1-20(2,15-23-12-6-7-13-23)22-19(26)21-17(10-11-18(24)25)14-16-8-4-3-5-9-16/h3-5,8-9,17H,6-7,10-15H2,1-2H3,(H,24,25)(H2,21,22,26). The summed E-state index contributed by atoms with van der Waals surface area (Å²) in [4.78, 5) is 25.8. The van der Waals surface area contributed by atoms with Crippen LogP contribution < -0.4 is 10.6 Å². The zero-order valence-electron chi connectivity index (χ0n) is 15.8. The Hall–Kier alpha value is -2.08. The lowest BCUT2D eigenvalue weighted by atomic mass is 10.0. The van der Waals surface area contributed by atoms with E-state index in [0.717, 1.165) is 25.2 Å². The lowest BCUT2D eigenvalue weighted by molar-refractivity contribution is -0.137. The Morgan fingerprint density at radius 3 is 2.46 bits per heavy atom. The third-order valence-corrected chi connectivity index (χ3v) is 4.64. The molecule has 0 spiro atoms. The fourth-order valence-electron chi connectivity index (χ4n) is 3.49. The van der Waals surface area contributed by atoms with Gasteiger partial charge in [0.15, 0.2) is 0 Å². The summed E-state index contributed by atoms with van der Waals surface area (Å²) < 4.78 is 0. The second-order valence-electron chi connectivity index (χ2n) is 7.78. The zero-order valence-corrected chi connectivity index (χ0v) is 15.8. The van der Waals surface area contributed by atoms with Gasteiger partial charge in [0.1, 0.15) is 0 Å². The number of hydrogen-bond donors (Lipinski definition) is 3. The van der Waals surface area contributed by atoms with Gasteiger partial charge in [-0.25, -0.2) is 4.79 Å². The first-order valence-corrected chi connectivity index (χ1v) is 9.41. The van der Waals surface area contributed by atoms with Crippen LogP contribution in [0.25, 0.3) is 0 Å². The summed E-state index contributed by atoms with van der Waals surface area (Å²) in [6.45, 7) is 7.03. The first kappa shape index (κ1) is 20.2. The van der Waals surface area contributed by atoms with E-state index in [1.165, 1.54) is 12.8 Å². The number of carboxylic acids is 1. The van der Waals surface area contributed by atoms with Gasteiger partial charge in [-0.05, 0) is 58.2 Å². The molecule has 6 heteroatoms. The highest BCUT2D eigenvalue weighted by Crippen LogP contribution is 2.13. The lowest BCUT2D eigenvalue weighted by Crippen LogP contribution is -2.55. The molecule has 0 aromatic heterocycles.